The third-order valence-corrected chi connectivity index (χ3v) is 3.28. The number of hydrogen-bond acceptors (Lipinski definition) is 1. The average molecular weight is 216 g/mol. The first kappa shape index (κ1) is 10.6. The molecule has 2 aromatic rings. The minimum atomic E-state index is 0.362. The van der Waals surface area contributed by atoms with Crippen molar-refractivity contribution < 1.29 is 0 Å². The summed E-state index contributed by atoms with van der Waals surface area (Å²) in [7, 11) is 0. The van der Waals surface area contributed by atoms with Gasteiger partial charge < -0.3 is 0 Å². The Morgan fingerprint density at radius 3 is 2.60 bits per heavy atom. The maximum atomic E-state index is 4.68. The quantitative estimate of drug-likeness (QED) is 0.712. The zero-order chi connectivity index (χ0) is 10.7. The van der Waals surface area contributed by atoms with Crippen LogP contribution >= 0.6 is 12.6 Å². The molecule has 0 saturated heterocycles. The number of hydrogen-bond donors (Lipinski definition) is 1. The molecule has 1 unspecified atom stereocenters. The highest BCUT2D eigenvalue weighted by atomic mass is 32.1. The summed E-state index contributed by atoms with van der Waals surface area (Å²) in [4.78, 5) is 0. The Kier molecular flexibility index (Phi) is 3.32. The van der Waals surface area contributed by atoms with Crippen molar-refractivity contribution in [3.05, 3.63) is 48.0 Å². The van der Waals surface area contributed by atoms with Crippen LogP contribution in [0.4, 0.5) is 0 Å². The zero-order valence-electron chi connectivity index (χ0n) is 8.98. The lowest BCUT2D eigenvalue weighted by Crippen LogP contribution is -1.91. The van der Waals surface area contributed by atoms with E-state index in [4.69, 9.17) is 0 Å². The molecule has 1 atom stereocenters. The summed E-state index contributed by atoms with van der Waals surface area (Å²) in [6.45, 7) is 2.20. The van der Waals surface area contributed by atoms with Crippen molar-refractivity contribution >= 4 is 23.4 Å². The first-order valence-corrected chi connectivity index (χ1v) is 6.00. The van der Waals surface area contributed by atoms with Crippen molar-refractivity contribution in [3.8, 4) is 0 Å². The van der Waals surface area contributed by atoms with E-state index in [1.54, 1.807) is 0 Å². The summed E-state index contributed by atoms with van der Waals surface area (Å²) in [6.07, 6.45) is 2.31. The Balaban J connectivity index is 2.50. The molecule has 0 fully saturated rings. The fraction of sp³-hybridized carbons (Fsp3) is 0.286. The predicted molar refractivity (Wildman–Crippen MR) is 70.6 cm³/mol. The second-order valence-electron chi connectivity index (χ2n) is 3.87. The smallest absolute Gasteiger partial charge is 0.0273 e. The van der Waals surface area contributed by atoms with Gasteiger partial charge in [-0.15, -0.1) is 0 Å². The summed E-state index contributed by atoms with van der Waals surface area (Å²) in [5, 5.41) is 3.01. The highest BCUT2D eigenvalue weighted by Crippen LogP contribution is 2.31. The summed E-state index contributed by atoms with van der Waals surface area (Å²) in [5.74, 6) is 0. The molecule has 0 radical (unpaired) electrons. The van der Waals surface area contributed by atoms with Gasteiger partial charge in [0, 0.05) is 5.25 Å². The van der Waals surface area contributed by atoms with Crippen LogP contribution in [0.1, 0.15) is 30.6 Å². The van der Waals surface area contributed by atoms with Crippen LogP contribution in [0.15, 0.2) is 42.5 Å². The van der Waals surface area contributed by atoms with E-state index in [0.717, 1.165) is 6.42 Å². The van der Waals surface area contributed by atoms with E-state index >= 15 is 0 Å². The maximum Gasteiger partial charge on any atom is 0.0273 e. The average Bonchev–Trinajstić information content (AvgIpc) is 2.28. The first-order valence-electron chi connectivity index (χ1n) is 5.48. The molecule has 0 spiro atoms. The van der Waals surface area contributed by atoms with Crippen LogP contribution in [-0.4, -0.2) is 0 Å². The lowest BCUT2D eigenvalue weighted by molar-refractivity contribution is 0.787. The van der Waals surface area contributed by atoms with Gasteiger partial charge in [0.1, 0.15) is 0 Å². The van der Waals surface area contributed by atoms with Gasteiger partial charge in [0.2, 0.25) is 0 Å². The van der Waals surface area contributed by atoms with Gasteiger partial charge >= 0.3 is 0 Å². The lowest BCUT2D eigenvalue weighted by atomic mass is 10.00. The summed E-state index contributed by atoms with van der Waals surface area (Å²) < 4.78 is 0. The van der Waals surface area contributed by atoms with Crippen molar-refractivity contribution in [1.29, 1.82) is 0 Å². The topological polar surface area (TPSA) is 0 Å². The highest BCUT2D eigenvalue weighted by Gasteiger charge is 2.08. The minimum Gasteiger partial charge on any atom is -0.171 e. The van der Waals surface area contributed by atoms with Gasteiger partial charge in [0.15, 0.2) is 0 Å². The standard InChI is InChI=1S/C14H16S/c1-2-6-14(15)13-10-5-8-11-7-3-4-9-12(11)13/h3-5,7-10,14-15H,2,6H2,1H3. The summed E-state index contributed by atoms with van der Waals surface area (Å²) in [5.41, 5.74) is 1.36. The third-order valence-electron chi connectivity index (χ3n) is 2.74. The summed E-state index contributed by atoms with van der Waals surface area (Å²) >= 11 is 4.68. The molecule has 0 aromatic heterocycles. The van der Waals surface area contributed by atoms with Crippen molar-refractivity contribution in [2.45, 2.75) is 25.0 Å². The van der Waals surface area contributed by atoms with Crippen molar-refractivity contribution in [2.75, 3.05) is 0 Å². The van der Waals surface area contributed by atoms with E-state index in [-0.39, 0.29) is 0 Å². The van der Waals surface area contributed by atoms with Gasteiger partial charge in [-0.2, -0.15) is 12.6 Å². The molecule has 0 heterocycles. The van der Waals surface area contributed by atoms with Crippen LogP contribution in [-0.2, 0) is 0 Å². The third kappa shape index (κ3) is 2.18. The van der Waals surface area contributed by atoms with Gasteiger partial charge in [-0.25, -0.2) is 0 Å². The zero-order valence-corrected chi connectivity index (χ0v) is 9.87. The monoisotopic (exact) mass is 216 g/mol. The van der Waals surface area contributed by atoms with Crippen LogP contribution in [0.5, 0.6) is 0 Å². The molecule has 0 nitrogen and oxygen atoms in total. The normalized spacial score (nSPS) is 12.9. The van der Waals surface area contributed by atoms with E-state index < -0.39 is 0 Å². The van der Waals surface area contributed by atoms with E-state index in [9.17, 15) is 0 Å². The first-order chi connectivity index (χ1) is 7.33. The Morgan fingerprint density at radius 2 is 1.80 bits per heavy atom. The second-order valence-corrected chi connectivity index (χ2v) is 4.50. The van der Waals surface area contributed by atoms with Gasteiger partial charge in [-0.05, 0) is 22.8 Å². The fourth-order valence-electron chi connectivity index (χ4n) is 1.97. The van der Waals surface area contributed by atoms with Crippen molar-refractivity contribution in [1.82, 2.24) is 0 Å². The Labute approximate surface area is 96.7 Å². The molecule has 2 rings (SSSR count). The number of rotatable bonds is 3. The number of benzene rings is 2. The minimum absolute atomic E-state index is 0.362. The molecule has 0 aliphatic heterocycles. The molecule has 0 aliphatic rings. The second kappa shape index (κ2) is 4.71. The molecule has 0 bridgehead atoms. The number of thiol groups is 1. The number of fused-ring (bicyclic) bond motifs is 1. The van der Waals surface area contributed by atoms with Gasteiger partial charge in [-0.3, -0.25) is 0 Å². The van der Waals surface area contributed by atoms with Crippen molar-refractivity contribution in [2.24, 2.45) is 0 Å². The Hall–Kier alpha value is -0.950. The Morgan fingerprint density at radius 1 is 1.07 bits per heavy atom. The van der Waals surface area contributed by atoms with E-state index in [1.165, 1.54) is 22.8 Å². The van der Waals surface area contributed by atoms with Crippen molar-refractivity contribution in [3.63, 3.8) is 0 Å². The fourth-order valence-corrected chi connectivity index (χ4v) is 2.45. The molecule has 0 N–H and O–H groups in total. The Bertz CT molecular complexity index is 443. The lowest BCUT2D eigenvalue weighted by Gasteiger charge is -2.12. The van der Waals surface area contributed by atoms with Gasteiger partial charge in [-0.1, -0.05) is 55.8 Å². The van der Waals surface area contributed by atoms with Crippen LogP contribution in [0, 0.1) is 0 Å². The van der Waals surface area contributed by atoms with Crippen LogP contribution in [0.25, 0.3) is 10.8 Å². The largest absolute Gasteiger partial charge is 0.171 e. The molecule has 0 aliphatic carbocycles. The highest BCUT2D eigenvalue weighted by molar-refractivity contribution is 7.80. The molecule has 15 heavy (non-hydrogen) atoms. The van der Waals surface area contributed by atoms with E-state index in [0.29, 0.717) is 5.25 Å². The van der Waals surface area contributed by atoms with Gasteiger partial charge in [0.05, 0.1) is 0 Å². The molecule has 78 valence electrons. The SMILES string of the molecule is CCCC(S)c1cccc2ccccc12. The van der Waals surface area contributed by atoms with Crippen LogP contribution < -0.4 is 0 Å². The summed E-state index contributed by atoms with van der Waals surface area (Å²) in [6, 6.07) is 15.0. The molecular weight excluding hydrogens is 200 g/mol. The molecule has 2 aromatic carbocycles. The predicted octanol–water partition coefficient (Wildman–Crippen LogP) is 4.61. The molecule has 0 amide bonds. The molecular formula is C14H16S. The van der Waals surface area contributed by atoms with Crippen LogP contribution in [0.2, 0.25) is 0 Å². The van der Waals surface area contributed by atoms with E-state index in [2.05, 4.69) is 62.0 Å². The molecule has 0 saturated carbocycles. The maximum absolute atomic E-state index is 4.68. The molecule has 1 heteroatoms. The van der Waals surface area contributed by atoms with E-state index in [1.807, 2.05) is 0 Å². The van der Waals surface area contributed by atoms with Gasteiger partial charge in [0.25, 0.3) is 0 Å². The van der Waals surface area contributed by atoms with Crippen LogP contribution in [0.3, 0.4) is 0 Å².